The number of carboxylic acids is 1. The number of aromatic carboxylic acids is 1. The Hall–Kier alpha value is -1.41. The Morgan fingerprint density at radius 2 is 1.81 bits per heavy atom. The lowest BCUT2D eigenvalue weighted by Gasteiger charge is -2.08. The smallest absolute Gasteiger partial charge is 0.416 e. The Morgan fingerprint density at radius 1 is 1.25 bits per heavy atom. The van der Waals surface area contributed by atoms with Crippen molar-refractivity contribution in [3.63, 3.8) is 0 Å². The highest BCUT2D eigenvalue weighted by molar-refractivity contribution is 7.79. The number of carboxylic acid groups (broad SMARTS) is 1. The molecule has 0 amide bonds. The Bertz CT molecular complexity index is 423. The third kappa shape index (κ3) is 2.80. The van der Waals surface area contributed by atoms with Crippen LogP contribution in [0.3, 0.4) is 0 Å². The molecule has 0 bridgehead atoms. The minimum Gasteiger partial charge on any atom is -0.478 e. The van der Waals surface area contributed by atoms with Gasteiger partial charge in [0.15, 0.2) is 11.1 Å². The number of hydrogen-bond donors (Lipinski definition) is 2. The van der Waals surface area contributed by atoms with Gasteiger partial charge in [0, 0.05) is 0 Å². The first-order valence-corrected chi connectivity index (χ1v) is 4.89. The zero-order chi connectivity index (χ0) is 12.5. The minimum absolute atomic E-state index is 0.401. The van der Waals surface area contributed by atoms with Crippen LogP contribution in [0.15, 0.2) is 23.1 Å². The summed E-state index contributed by atoms with van der Waals surface area (Å²) >= 11 is -2.66. The fourth-order valence-corrected chi connectivity index (χ4v) is 1.44. The van der Waals surface area contributed by atoms with E-state index < -0.39 is 39.2 Å². The van der Waals surface area contributed by atoms with E-state index in [-0.39, 0.29) is 0 Å². The van der Waals surface area contributed by atoms with Crippen LogP contribution in [-0.4, -0.2) is 19.8 Å². The molecule has 1 atom stereocenters. The van der Waals surface area contributed by atoms with Gasteiger partial charge in [-0.05, 0) is 18.2 Å². The SMILES string of the molecule is O=C(O)c1cc(S(=O)O)cc(C(F)(F)F)c1. The van der Waals surface area contributed by atoms with Crippen LogP contribution in [0, 0.1) is 0 Å². The summed E-state index contributed by atoms with van der Waals surface area (Å²) in [7, 11) is 0. The number of hydrogen-bond acceptors (Lipinski definition) is 2. The lowest BCUT2D eigenvalue weighted by atomic mass is 10.1. The molecule has 1 unspecified atom stereocenters. The normalized spacial score (nSPS) is 13.5. The zero-order valence-corrected chi connectivity index (χ0v) is 8.30. The molecule has 4 nitrogen and oxygen atoms in total. The van der Waals surface area contributed by atoms with Crippen LogP contribution in [-0.2, 0) is 17.3 Å². The number of benzene rings is 1. The molecular weight excluding hydrogens is 249 g/mol. The molecule has 0 heterocycles. The van der Waals surface area contributed by atoms with Crippen LogP contribution in [0.4, 0.5) is 13.2 Å². The fourth-order valence-electron chi connectivity index (χ4n) is 0.987. The second-order valence-corrected chi connectivity index (χ2v) is 3.77. The molecule has 1 aromatic carbocycles. The molecule has 0 aromatic heterocycles. The minimum atomic E-state index is -4.76. The van der Waals surface area contributed by atoms with Crippen molar-refractivity contribution in [2.24, 2.45) is 0 Å². The first-order valence-electron chi connectivity index (χ1n) is 3.78. The first kappa shape index (κ1) is 12.7. The Morgan fingerprint density at radius 3 is 2.19 bits per heavy atom. The van der Waals surface area contributed by atoms with Gasteiger partial charge in [-0.3, -0.25) is 0 Å². The van der Waals surface area contributed by atoms with E-state index in [1.54, 1.807) is 0 Å². The molecular formula is C8H5F3O4S. The number of alkyl halides is 3. The molecule has 0 aliphatic heterocycles. The summed E-state index contributed by atoms with van der Waals surface area (Å²) in [6.45, 7) is 0. The highest BCUT2D eigenvalue weighted by atomic mass is 32.2. The summed E-state index contributed by atoms with van der Waals surface area (Å²) in [6, 6.07) is 1.55. The molecule has 1 aromatic rings. The van der Waals surface area contributed by atoms with Gasteiger partial charge in [-0.15, -0.1) is 0 Å². The molecule has 88 valence electrons. The lowest BCUT2D eigenvalue weighted by Crippen LogP contribution is -2.09. The zero-order valence-electron chi connectivity index (χ0n) is 7.49. The van der Waals surface area contributed by atoms with Crippen molar-refractivity contribution in [1.29, 1.82) is 0 Å². The van der Waals surface area contributed by atoms with Gasteiger partial charge in [-0.1, -0.05) is 0 Å². The van der Waals surface area contributed by atoms with E-state index in [1.807, 2.05) is 0 Å². The highest BCUT2D eigenvalue weighted by Gasteiger charge is 2.32. The molecule has 0 saturated carbocycles. The van der Waals surface area contributed by atoms with Gasteiger partial charge in [-0.25, -0.2) is 9.00 Å². The summed E-state index contributed by atoms with van der Waals surface area (Å²) in [5, 5.41) is 8.53. The van der Waals surface area contributed by atoms with E-state index >= 15 is 0 Å². The maximum absolute atomic E-state index is 12.3. The molecule has 2 N–H and O–H groups in total. The second-order valence-electron chi connectivity index (χ2n) is 2.80. The summed E-state index contributed by atoms with van der Waals surface area (Å²) in [5.74, 6) is -1.60. The van der Waals surface area contributed by atoms with Crippen LogP contribution in [0.2, 0.25) is 0 Å². The third-order valence-electron chi connectivity index (χ3n) is 1.68. The van der Waals surface area contributed by atoms with Gasteiger partial charge >= 0.3 is 12.1 Å². The van der Waals surface area contributed by atoms with E-state index in [9.17, 15) is 22.2 Å². The van der Waals surface area contributed by atoms with Gasteiger partial charge < -0.3 is 9.66 Å². The van der Waals surface area contributed by atoms with Crippen molar-refractivity contribution >= 4 is 17.0 Å². The van der Waals surface area contributed by atoms with Crippen molar-refractivity contribution in [3.05, 3.63) is 29.3 Å². The van der Waals surface area contributed by atoms with Gasteiger partial charge in [0.05, 0.1) is 16.0 Å². The van der Waals surface area contributed by atoms with Crippen LogP contribution >= 0.6 is 0 Å². The maximum atomic E-state index is 12.3. The van der Waals surface area contributed by atoms with E-state index in [0.717, 1.165) is 0 Å². The molecule has 0 radical (unpaired) electrons. The predicted molar refractivity (Wildman–Crippen MR) is 47.4 cm³/mol. The van der Waals surface area contributed by atoms with Crippen molar-refractivity contribution in [2.75, 3.05) is 0 Å². The number of halogens is 3. The summed E-state index contributed by atoms with van der Waals surface area (Å²) in [5.41, 5.74) is -1.96. The Labute approximate surface area is 90.0 Å². The van der Waals surface area contributed by atoms with E-state index in [0.29, 0.717) is 18.2 Å². The van der Waals surface area contributed by atoms with E-state index in [1.165, 1.54) is 0 Å². The highest BCUT2D eigenvalue weighted by Crippen LogP contribution is 2.31. The van der Waals surface area contributed by atoms with Gasteiger partial charge in [0.25, 0.3) is 0 Å². The molecule has 16 heavy (non-hydrogen) atoms. The first-order chi connectivity index (χ1) is 7.21. The molecule has 0 aliphatic rings. The van der Waals surface area contributed by atoms with Crippen LogP contribution in [0.5, 0.6) is 0 Å². The van der Waals surface area contributed by atoms with E-state index in [4.69, 9.17) is 9.66 Å². The van der Waals surface area contributed by atoms with Crippen molar-refractivity contribution in [2.45, 2.75) is 11.1 Å². The Balaban J connectivity index is 3.42. The predicted octanol–water partition coefficient (Wildman–Crippen LogP) is 1.98. The topological polar surface area (TPSA) is 74.6 Å². The summed E-state index contributed by atoms with van der Waals surface area (Å²) < 4.78 is 56.1. The van der Waals surface area contributed by atoms with Crippen LogP contribution in [0.1, 0.15) is 15.9 Å². The third-order valence-corrected chi connectivity index (χ3v) is 2.32. The quantitative estimate of drug-likeness (QED) is 0.791. The Kier molecular flexibility index (Phi) is 3.34. The molecule has 0 saturated heterocycles. The summed E-state index contributed by atoms with van der Waals surface area (Å²) in [4.78, 5) is 9.90. The molecule has 8 heteroatoms. The lowest BCUT2D eigenvalue weighted by molar-refractivity contribution is -0.137. The molecule has 1 rings (SSSR count). The van der Waals surface area contributed by atoms with Crippen molar-refractivity contribution < 1.29 is 31.8 Å². The maximum Gasteiger partial charge on any atom is 0.416 e. The van der Waals surface area contributed by atoms with Crippen molar-refractivity contribution in [1.82, 2.24) is 0 Å². The second kappa shape index (κ2) is 4.22. The number of carbonyl (C=O) groups is 1. The largest absolute Gasteiger partial charge is 0.478 e. The monoisotopic (exact) mass is 254 g/mol. The van der Waals surface area contributed by atoms with Gasteiger partial charge in [-0.2, -0.15) is 13.2 Å². The van der Waals surface area contributed by atoms with Crippen molar-refractivity contribution in [3.8, 4) is 0 Å². The van der Waals surface area contributed by atoms with Crippen LogP contribution < -0.4 is 0 Å². The number of rotatable bonds is 2. The molecule has 0 spiro atoms. The molecule has 0 aliphatic carbocycles. The average Bonchev–Trinajstić information content (AvgIpc) is 2.15. The molecule has 0 fully saturated rings. The van der Waals surface area contributed by atoms with Gasteiger partial charge in [0.1, 0.15) is 0 Å². The van der Waals surface area contributed by atoms with Crippen LogP contribution in [0.25, 0.3) is 0 Å². The van der Waals surface area contributed by atoms with Gasteiger partial charge in [0.2, 0.25) is 0 Å². The standard InChI is InChI=1S/C8H5F3O4S/c9-8(10,11)5-1-4(7(12)13)2-6(3-5)16(14)15/h1-3H,(H,12,13)(H,14,15). The summed E-state index contributed by atoms with van der Waals surface area (Å²) in [6.07, 6.45) is -4.76. The average molecular weight is 254 g/mol. The fraction of sp³-hybridized carbons (Fsp3) is 0.125. The van der Waals surface area contributed by atoms with E-state index in [2.05, 4.69) is 0 Å².